The molecular formula is C14H19NO. The molecule has 2 aliphatic rings. The Kier molecular flexibility index (Phi) is 2.83. The van der Waals surface area contributed by atoms with Crippen molar-refractivity contribution < 1.29 is 4.74 Å². The van der Waals surface area contributed by atoms with E-state index in [1.165, 1.54) is 43.2 Å². The van der Waals surface area contributed by atoms with Crippen molar-refractivity contribution >= 4 is 0 Å². The quantitative estimate of drug-likeness (QED) is 0.839. The molecule has 1 heterocycles. The van der Waals surface area contributed by atoms with Crippen molar-refractivity contribution in [2.24, 2.45) is 0 Å². The number of hydrogen-bond donors (Lipinski definition) is 1. The molecule has 1 aromatic carbocycles. The van der Waals surface area contributed by atoms with Crippen LogP contribution in [0.4, 0.5) is 0 Å². The third-order valence-electron chi connectivity index (χ3n) is 3.68. The average molecular weight is 217 g/mol. The lowest BCUT2D eigenvalue weighted by Crippen LogP contribution is -2.28. The second-order valence-electron chi connectivity index (χ2n) is 4.89. The number of rotatable bonds is 3. The Morgan fingerprint density at radius 2 is 2.12 bits per heavy atom. The minimum absolute atomic E-state index is 0.563. The van der Waals surface area contributed by atoms with Crippen molar-refractivity contribution in [3.8, 4) is 5.75 Å². The SMILES string of the molecule is c1cc2c(cc1OC[C@@H]1CCCN1)CCC2. The summed E-state index contributed by atoms with van der Waals surface area (Å²) in [5.74, 6) is 1.05. The molecule has 1 aromatic rings. The Bertz CT molecular complexity index is 369. The Balaban J connectivity index is 1.61. The second-order valence-corrected chi connectivity index (χ2v) is 4.89. The summed E-state index contributed by atoms with van der Waals surface area (Å²) < 4.78 is 5.85. The van der Waals surface area contributed by atoms with Crippen LogP contribution in [-0.2, 0) is 12.8 Å². The molecule has 0 unspecified atom stereocenters. The van der Waals surface area contributed by atoms with Gasteiger partial charge in [0.05, 0.1) is 0 Å². The van der Waals surface area contributed by atoms with Gasteiger partial charge in [0.25, 0.3) is 0 Å². The maximum Gasteiger partial charge on any atom is 0.119 e. The van der Waals surface area contributed by atoms with Crippen molar-refractivity contribution in [1.82, 2.24) is 5.32 Å². The van der Waals surface area contributed by atoms with Crippen LogP contribution in [0.15, 0.2) is 18.2 Å². The van der Waals surface area contributed by atoms with E-state index >= 15 is 0 Å². The van der Waals surface area contributed by atoms with Crippen molar-refractivity contribution in [1.29, 1.82) is 0 Å². The first kappa shape index (κ1) is 10.2. The summed E-state index contributed by atoms with van der Waals surface area (Å²) in [6.45, 7) is 1.97. The van der Waals surface area contributed by atoms with E-state index in [0.717, 1.165) is 18.9 Å². The van der Waals surface area contributed by atoms with E-state index in [1.807, 2.05) is 0 Å². The van der Waals surface area contributed by atoms with Gasteiger partial charge in [-0.15, -0.1) is 0 Å². The van der Waals surface area contributed by atoms with Crippen molar-refractivity contribution in [2.75, 3.05) is 13.2 Å². The molecule has 86 valence electrons. The van der Waals surface area contributed by atoms with E-state index in [1.54, 1.807) is 0 Å². The number of nitrogens with one attached hydrogen (secondary N) is 1. The topological polar surface area (TPSA) is 21.3 Å². The van der Waals surface area contributed by atoms with Gasteiger partial charge in [-0.05, 0) is 61.9 Å². The van der Waals surface area contributed by atoms with Crippen LogP contribution in [0, 0.1) is 0 Å². The zero-order valence-corrected chi connectivity index (χ0v) is 9.67. The van der Waals surface area contributed by atoms with Crippen molar-refractivity contribution in [3.05, 3.63) is 29.3 Å². The number of benzene rings is 1. The van der Waals surface area contributed by atoms with Gasteiger partial charge in [0.2, 0.25) is 0 Å². The third-order valence-corrected chi connectivity index (χ3v) is 3.68. The number of ether oxygens (including phenoxy) is 1. The van der Waals surface area contributed by atoms with Gasteiger partial charge in [0.15, 0.2) is 0 Å². The standard InChI is InChI=1S/C14H19NO/c1-3-11-6-7-14(9-12(11)4-1)16-10-13-5-2-8-15-13/h6-7,9,13,15H,1-5,8,10H2/t13-/m0/s1. The van der Waals surface area contributed by atoms with E-state index in [-0.39, 0.29) is 0 Å². The van der Waals surface area contributed by atoms with E-state index in [0.29, 0.717) is 6.04 Å². The van der Waals surface area contributed by atoms with Gasteiger partial charge in [-0.2, -0.15) is 0 Å². The number of fused-ring (bicyclic) bond motifs is 1. The van der Waals surface area contributed by atoms with Crippen molar-refractivity contribution in [3.63, 3.8) is 0 Å². The summed E-state index contributed by atoms with van der Waals surface area (Å²) in [7, 11) is 0. The molecule has 1 fully saturated rings. The molecule has 0 aromatic heterocycles. The fourth-order valence-electron chi connectivity index (χ4n) is 2.73. The van der Waals surface area contributed by atoms with Gasteiger partial charge >= 0.3 is 0 Å². The molecule has 2 nitrogen and oxygen atoms in total. The Hall–Kier alpha value is -1.02. The largest absolute Gasteiger partial charge is 0.492 e. The maximum absolute atomic E-state index is 5.85. The first-order chi connectivity index (χ1) is 7.92. The van der Waals surface area contributed by atoms with E-state index in [9.17, 15) is 0 Å². The lowest BCUT2D eigenvalue weighted by atomic mass is 10.1. The summed E-state index contributed by atoms with van der Waals surface area (Å²) in [5.41, 5.74) is 3.02. The molecule has 0 spiro atoms. The molecule has 1 atom stereocenters. The first-order valence-electron chi connectivity index (χ1n) is 6.40. The molecule has 16 heavy (non-hydrogen) atoms. The molecule has 0 amide bonds. The van der Waals surface area contributed by atoms with Crippen LogP contribution in [0.5, 0.6) is 5.75 Å². The highest BCUT2D eigenvalue weighted by atomic mass is 16.5. The van der Waals surface area contributed by atoms with Gasteiger partial charge in [0, 0.05) is 6.04 Å². The molecule has 2 heteroatoms. The maximum atomic E-state index is 5.85. The lowest BCUT2D eigenvalue weighted by molar-refractivity contribution is 0.277. The van der Waals surface area contributed by atoms with E-state index in [4.69, 9.17) is 4.74 Å². The molecule has 1 N–H and O–H groups in total. The minimum Gasteiger partial charge on any atom is -0.492 e. The molecule has 1 saturated heterocycles. The Morgan fingerprint density at radius 3 is 3.00 bits per heavy atom. The highest BCUT2D eigenvalue weighted by Gasteiger charge is 2.15. The van der Waals surface area contributed by atoms with Gasteiger partial charge < -0.3 is 10.1 Å². The minimum atomic E-state index is 0.563. The second kappa shape index (κ2) is 4.46. The Labute approximate surface area is 97.0 Å². The monoisotopic (exact) mass is 217 g/mol. The molecule has 3 rings (SSSR count). The highest BCUT2D eigenvalue weighted by Crippen LogP contribution is 2.26. The summed E-state index contributed by atoms with van der Waals surface area (Å²) in [5, 5.41) is 3.45. The zero-order chi connectivity index (χ0) is 10.8. The number of hydrogen-bond acceptors (Lipinski definition) is 2. The van der Waals surface area contributed by atoms with Crippen molar-refractivity contribution in [2.45, 2.75) is 38.1 Å². The van der Waals surface area contributed by atoms with Crippen LogP contribution in [-0.4, -0.2) is 19.2 Å². The van der Waals surface area contributed by atoms with Crippen LogP contribution in [0.25, 0.3) is 0 Å². The highest BCUT2D eigenvalue weighted by molar-refractivity contribution is 5.38. The van der Waals surface area contributed by atoms with Crippen LogP contribution >= 0.6 is 0 Å². The van der Waals surface area contributed by atoms with Crippen LogP contribution in [0.1, 0.15) is 30.4 Å². The fourth-order valence-corrected chi connectivity index (χ4v) is 2.73. The predicted octanol–water partition coefficient (Wildman–Crippen LogP) is 2.31. The van der Waals surface area contributed by atoms with Crippen LogP contribution in [0.3, 0.4) is 0 Å². The van der Waals surface area contributed by atoms with Gasteiger partial charge in [-0.25, -0.2) is 0 Å². The smallest absolute Gasteiger partial charge is 0.119 e. The fraction of sp³-hybridized carbons (Fsp3) is 0.571. The van der Waals surface area contributed by atoms with Crippen LogP contribution in [0.2, 0.25) is 0 Å². The average Bonchev–Trinajstić information content (AvgIpc) is 2.97. The zero-order valence-electron chi connectivity index (χ0n) is 9.67. The van der Waals surface area contributed by atoms with E-state index in [2.05, 4.69) is 23.5 Å². The normalized spacial score (nSPS) is 23.4. The first-order valence-corrected chi connectivity index (χ1v) is 6.40. The summed E-state index contributed by atoms with van der Waals surface area (Å²) in [4.78, 5) is 0. The van der Waals surface area contributed by atoms with Crippen LogP contribution < -0.4 is 10.1 Å². The Morgan fingerprint density at radius 1 is 1.19 bits per heavy atom. The summed E-state index contributed by atoms with van der Waals surface area (Å²) in [6, 6.07) is 7.16. The lowest BCUT2D eigenvalue weighted by Gasteiger charge is -2.12. The van der Waals surface area contributed by atoms with E-state index < -0.39 is 0 Å². The molecule has 0 saturated carbocycles. The molecule has 0 radical (unpaired) electrons. The molecule has 1 aliphatic heterocycles. The summed E-state index contributed by atoms with van der Waals surface area (Å²) >= 11 is 0. The molecule has 1 aliphatic carbocycles. The number of aryl methyl sites for hydroxylation is 2. The molecule has 0 bridgehead atoms. The van der Waals surface area contributed by atoms with Gasteiger partial charge in [-0.1, -0.05) is 6.07 Å². The van der Waals surface area contributed by atoms with Gasteiger partial charge in [0.1, 0.15) is 12.4 Å². The van der Waals surface area contributed by atoms with Gasteiger partial charge in [-0.3, -0.25) is 0 Å². The third kappa shape index (κ3) is 2.07. The summed E-state index contributed by atoms with van der Waals surface area (Å²) in [6.07, 6.45) is 6.33. The molecular weight excluding hydrogens is 198 g/mol. The predicted molar refractivity (Wildman–Crippen MR) is 65.0 cm³/mol.